The Morgan fingerprint density at radius 2 is 2.19 bits per heavy atom. The number of Topliss-reactive ketones (excluding diaryl/α,β-unsaturated/α-hetero) is 1. The molecule has 1 saturated heterocycles. The molecule has 1 atom stereocenters. The first-order valence-corrected chi connectivity index (χ1v) is 7.31. The zero-order valence-corrected chi connectivity index (χ0v) is 11.7. The summed E-state index contributed by atoms with van der Waals surface area (Å²) in [4.78, 5) is 12.6. The smallest absolute Gasteiger partial charge is 0.387 e. The topological polar surface area (TPSA) is 35.5 Å². The Balaban J connectivity index is 1.72. The van der Waals surface area contributed by atoms with Gasteiger partial charge in [-0.1, -0.05) is 12.1 Å². The third-order valence-electron chi connectivity index (χ3n) is 4.47. The molecule has 3 rings (SSSR count). The van der Waals surface area contributed by atoms with Gasteiger partial charge >= 0.3 is 6.61 Å². The summed E-state index contributed by atoms with van der Waals surface area (Å²) in [5.74, 6) is -0.0496. The minimum absolute atomic E-state index is 0.00397. The molecule has 2 aliphatic rings. The maximum absolute atomic E-state index is 12.6. The number of halogens is 2. The molecule has 1 aromatic rings. The Labute approximate surface area is 122 Å². The standard InChI is InChI=1S/C16H18F2O3/c17-15(18)21-13-4-1-3-11(9-13)14(19)12-5-8-20-16(10-12)6-2-7-16/h1,3-4,9,12,15H,2,5-8,10H2. The Morgan fingerprint density at radius 1 is 1.38 bits per heavy atom. The summed E-state index contributed by atoms with van der Waals surface area (Å²) in [7, 11) is 0. The van der Waals surface area contributed by atoms with Crippen LogP contribution in [-0.2, 0) is 4.74 Å². The van der Waals surface area contributed by atoms with Crippen molar-refractivity contribution >= 4 is 5.78 Å². The van der Waals surface area contributed by atoms with E-state index >= 15 is 0 Å². The van der Waals surface area contributed by atoms with Crippen LogP contribution in [0.15, 0.2) is 24.3 Å². The number of hydrogen-bond acceptors (Lipinski definition) is 3. The molecule has 1 aromatic carbocycles. The van der Waals surface area contributed by atoms with E-state index in [0.717, 1.165) is 25.7 Å². The number of ether oxygens (including phenoxy) is 2. The molecule has 21 heavy (non-hydrogen) atoms. The van der Waals surface area contributed by atoms with Crippen LogP contribution in [-0.4, -0.2) is 24.6 Å². The SMILES string of the molecule is O=C(c1cccc(OC(F)F)c1)C1CCOC2(CCC2)C1. The van der Waals surface area contributed by atoms with Gasteiger partial charge in [-0.15, -0.1) is 0 Å². The van der Waals surface area contributed by atoms with Crippen LogP contribution in [0.5, 0.6) is 5.75 Å². The van der Waals surface area contributed by atoms with Crippen LogP contribution in [0.4, 0.5) is 8.78 Å². The highest BCUT2D eigenvalue weighted by Crippen LogP contribution is 2.44. The van der Waals surface area contributed by atoms with Crippen LogP contribution in [0.2, 0.25) is 0 Å². The number of hydrogen-bond donors (Lipinski definition) is 0. The summed E-state index contributed by atoms with van der Waals surface area (Å²) < 4.78 is 34.7. The lowest BCUT2D eigenvalue weighted by atomic mass is 9.70. The second kappa shape index (κ2) is 5.72. The van der Waals surface area contributed by atoms with Crippen LogP contribution in [0.1, 0.15) is 42.5 Å². The van der Waals surface area contributed by atoms with E-state index in [2.05, 4.69) is 4.74 Å². The molecule has 1 spiro atoms. The molecular formula is C16H18F2O3. The Hall–Kier alpha value is -1.49. The van der Waals surface area contributed by atoms with E-state index in [1.165, 1.54) is 12.1 Å². The minimum atomic E-state index is -2.88. The number of ketones is 1. The molecule has 114 valence electrons. The summed E-state index contributed by atoms with van der Waals surface area (Å²) in [5, 5.41) is 0. The van der Waals surface area contributed by atoms with Gasteiger partial charge in [0.2, 0.25) is 0 Å². The second-order valence-corrected chi connectivity index (χ2v) is 5.85. The van der Waals surface area contributed by atoms with E-state index in [-0.39, 0.29) is 23.1 Å². The van der Waals surface area contributed by atoms with Gasteiger partial charge in [0.05, 0.1) is 5.60 Å². The fourth-order valence-corrected chi connectivity index (χ4v) is 3.23. The van der Waals surface area contributed by atoms with E-state index < -0.39 is 6.61 Å². The minimum Gasteiger partial charge on any atom is -0.435 e. The maximum atomic E-state index is 12.6. The summed E-state index contributed by atoms with van der Waals surface area (Å²) in [6.45, 7) is -2.28. The lowest BCUT2D eigenvalue weighted by Crippen LogP contribution is -2.47. The first kappa shape index (κ1) is 14.4. The predicted octanol–water partition coefficient (Wildman–Crippen LogP) is 3.82. The van der Waals surface area contributed by atoms with Crippen LogP contribution >= 0.6 is 0 Å². The number of carbonyl (C=O) groups excluding carboxylic acids is 1. The fraction of sp³-hybridized carbons (Fsp3) is 0.562. The maximum Gasteiger partial charge on any atom is 0.387 e. The Morgan fingerprint density at radius 3 is 2.86 bits per heavy atom. The van der Waals surface area contributed by atoms with Gasteiger partial charge in [-0.3, -0.25) is 4.79 Å². The van der Waals surface area contributed by atoms with Gasteiger partial charge in [-0.05, 0) is 44.2 Å². The zero-order valence-electron chi connectivity index (χ0n) is 11.7. The van der Waals surface area contributed by atoms with Crippen molar-refractivity contribution in [2.45, 2.75) is 44.3 Å². The van der Waals surface area contributed by atoms with Gasteiger partial charge in [-0.25, -0.2) is 0 Å². The van der Waals surface area contributed by atoms with E-state index in [4.69, 9.17) is 4.74 Å². The van der Waals surface area contributed by atoms with E-state index in [1.54, 1.807) is 12.1 Å². The molecule has 1 unspecified atom stereocenters. The van der Waals surface area contributed by atoms with Gasteiger partial charge in [0.15, 0.2) is 5.78 Å². The van der Waals surface area contributed by atoms with Gasteiger partial charge in [0.25, 0.3) is 0 Å². The van der Waals surface area contributed by atoms with Crippen molar-refractivity contribution < 1.29 is 23.0 Å². The highest BCUT2D eigenvalue weighted by atomic mass is 19.3. The van der Waals surface area contributed by atoms with Crippen molar-refractivity contribution in [1.29, 1.82) is 0 Å². The Kier molecular flexibility index (Phi) is 3.93. The average molecular weight is 296 g/mol. The first-order chi connectivity index (χ1) is 10.1. The Bertz CT molecular complexity index is 526. The quantitative estimate of drug-likeness (QED) is 0.792. The van der Waals surface area contributed by atoms with Crippen LogP contribution < -0.4 is 4.74 Å². The molecule has 1 aliphatic carbocycles. The summed E-state index contributed by atoms with van der Waals surface area (Å²) in [5.41, 5.74) is 0.338. The predicted molar refractivity (Wildman–Crippen MR) is 72.7 cm³/mol. The number of alkyl halides is 2. The summed E-state index contributed by atoms with van der Waals surface area (Å²) in [6.07, 6.45) is 4.63. The van der Waals surface area contributed by atoms with Crippen molar-refractivity contribution in [3.63, 3.8) is 0 Å². The molecule has 0 bridgehead atoms. The summed E-state index contributed by atoms with van der Waals surface area (Å²) >= 11 is 0. The van der Waals surface area contributed by atoms with Crippen molar-refractivity contribution in [3.8, 4) is 5.75 Å². The van der Waals surface area contributed by atoms with Gasteiger partial charge < -0.3 is 9.47 Å². The number of rotatable bonds is 4. The van der Waals surface area contributed by atoms with Gasteiger partial charge in [0, 0.05) is 18.1 Å². The highest BCUT2D eigenvalue weighted by molar-refractivity contribution is 5.98. The lowest BCUT2D eigenvalue weighted by molar-refractivity contribution is -0.137. The van der Waals surface area contributed by atoms with Crippen molar-refractivity contribution in [3.05, 3.63) is 29.8 Å². The molecule has 1 aliphatic heterocycles. The molecule has 0 N–H and O–H groups in total. The molecule has 0 amide bonds. The van der Waals surface area contributed by atoms with E-state index in [9.17, 15) is 13.6 Å². The molecule has 0 radical (unpaired) electrons. The summed E-state index contributed by atoms with van der Waals surface area (Å²) in [6, 6.07) is 6.06. The normalized spacial score (nSPS) is 23.9. The van der Waals surface area contributed by atoms with Crippen molar-refractivity contribution in [1.82, 2.24) is 0 Å². The largest absolute Gasteiger partial charge is 0.435 e. The third kappa shape index (κ3) is 3.07. The number of carbonyl (C=O) groups is 1. The monoisotopic (exact) mass is 296 g/mol. The second-order valence-electron chi connectivity index (χ2n) is 5.85. The zero-order chi connectivity index (χ0) is 14.9. The molecule has 2 fully saturated rings. The number of benzene rings is 1. The molecule has 3 nitrogen and oxygen atoms in total. The van der Waals surface area contributed by atoms with Gasteiger partial charge in [0.1, 0.15) is 5.75 Å². The molecule has 1 saturated carbocycles. The van der Waals surface area contributed by atoms with Crippen molar-refractivity contribution in [2.24, 2.45) is 5.92 Å². The van der Waals surface area contributed by atoms with E-state index in [0.29, 0.717) is 18.6 Å². The van der Waals surface area contributed by atoms with Crippen LogP contribution in [0.25, 0.3) is 0 Å². The molecule has 1 heterocycles. The van der Waals surface area contributed by atoms with Crippen LogP contribution in [0.3, 0.4) is 0 Å². The molecule has 5 heteroatoms. The molecular weight excluding hydrogens is 278 g/mol. The highest BCUT2D eigenvalue weighted by Gasteiger charge is 2.44. The first-order valence-electron chi connectivity index (χ1n) is 7.31. The van der Waals surface area contributed by atoms with E-state index in [1.807, 2.05) is 0 Å². The fourth-order valence-electron chi connectivity index (χ4n) is 3.23. The van der Waals surface area contributed by atoms with Crippen LogP contribution in [0, 0.1) is 5.92 Å². The third-order valence-corrected chi connectivity index (χ3v) is 4.47. The van der Waals surface area contributed by atoms with Crippen molar-refractivity contribution in [2.75, 3.05) is 6.61 Å². The average Bonchev–Trinajstić information content (AvgIpc) is 2.44. The lowest BCUT2D eigenvalue weighted by Gasteiger charge is -2.46. The van der Waals surface area contributed by atoms with Gasteiger partial charge in [-0.2, -0.15) is 8.78 Å². The molecule has 0 aromatic heterocycles.